The lowest BCUT2D eigenvalue weighted by molar-refractivity contribution is -0.158. The van der Waals surface area contributed by atoms with Gasteiger partial charge in [0.25, 0.3) is 0 Å². The zero-order valence-electron chi connectivity index (χ0n) is 27.0. The Morgan fingerprint density at radius 3 is 2.10 bits per heavy atom. The predicted octanol–water partition coefficient (Wildman–Crippen LogP) is 8.58. The Kier molecular flexibility index (Phi) is 14.1. The maximum Gasteiger partial charge on any atom is 0.333 e. The SMILES string of the molecule is C=C(C)C(=O)OCC(CCc1ccc(C2CCC(C3CCC(CCCCC)CC3)CC2)cc1)COC(=O)C(C)(C)CO. The first-order chi connectivity index (χ1) is 20.1. The van der Waals surface area contributed by atoms with Crippen LogP contribution >= 0.6 is 0 Å². The van der Waals surface area contributed by atoms with Gasteiger partial charge < -0.3 is 14.6 Å². The maximum atomic E-state index is 12.4. The number of aryl methyl sites for hydroxylation is 1. The molecule has 2 fully saturated rings. The van der Waals surface area contributed by atoms with E-state index < -0.39 is 17.4 Å². The molecule has 1 aromatic rings. The summed E-state index contributed by atoms with van der Waals surface area (Å²) in [6.45, 7) is 10.9. The van der Waals surface area contributed by atoms with Crippen molar-refractivity contribution in [3.63, 3.8) is 0 Å². The molecule has 0 aromatic heterocycles. The lowest BCUT2D eigenvalue weighted by Crippen LogP contribution is -2.32. The minimum absolute atomic E-state index is 0.131. The number of aliphatic hydroxyl groups is 1. The normalized spacial score (nSPS) is 23.6. The Balaban J connectivity index is 1.45. The lowest BCUT2D eigenvalue weighted by atomic mass is 9.68. The highest BCUT2D eigenvalue weighted by molar-refractivity contribution is 5.86. The third-order valence-corrected chi connectivity index (χ3v) is 10.0. The molecule has 0 heterocycles. The molecule has 2 saturated carbocycles. The molecule has 0 radical (unpaired) electrons. The van der Waals surface area contributed by atoms with Crippen LogP contribution in [0.15, 0.2) is 36.4 Å². The van der Waals surface area contributed by atoms with Gasteiger partial charge in [-0.3, -0.25) is 4.79 Å². The van der Waals surface area contributed by atoms with Gasteiger partial charge in [-0.15, -0.1) is 0 Å². The lowest BCUT2D eigenvalue weighted by Gasteiger charge is -2.38. The number of ether oxygens (including phenoxy) is 2. The molecule has 0 spiro atoms. The zero-order valence-corrected chi connectivity index (χ0v) is 27.0. The molecule has 5 heteroatoms. The number of unbranched alkanes of at least 4 members (excludes halogenated alkanes) is 2. The molecule has 1 atom stereocenters. The minimum atomic E-state index is -0.957. The highest BCUT2D eigenvalue weighted by atomic mass is 16.5. The van der Waals surface area contributed by atoms with Crippen LogP contribution in [-0.4, -0.2) is 36.9 Å². The summed E-state index contributed by atoms with van der Waals surface area (Å²) in [5.41, 5.74) is 2.09. The fourth-order valence-electron chi connectivity index (χ4n) is 6.87. The second-order valence-corrected chi connectivity index (χ2v) is 14.1. The van der Waals surface area contributed by atoms with Crippen molar-refractivity contribution in [3.8, 4) is 0 Å². The average Bonchev–Trinajstić information content (AvgIpc) is 3.01. The molecule has 1 N–H and O–H groups in total. The fourth-order valence-corrected chi connectivity index (χ4v) is 6.87. The van der Waals surface area contributed by atoms with Crippen LogP contribution in [0.5, 0.6) is 0 Å². The van der Waals surface area contributed by atoms with Crippen LogP contribution < -0.4 is 0 Å². The van der Waals surface area contributed by atoms with Crippen LogP contribution in [0.2, 0.25) is 0 Å². The molecule has 0 bridgehead atoms. The van der Waals surface area contributed by atoms with Crippen LogP contribution in [-0.2, 0) is 25.5 Å². The largest absolute Gasteiger partial charge is 0.465 e. The van der Waals surface area contributed by atoms with Crippen LogP contribution in [0.4, 0.5) is 0 Å². The summed E-state index contributed by atoms with van der Waals surface area (Å²) in [5, 5.41) is 9.47. The number of benzene rings is 1. The first-order valence-corrected chi connectivity index (χ1v) is 16.8. The Bertz CT molecular complexity index is 964. The fraction of sp³-hybridized carbons (Fsp3) is 0.730. The van der Waals surface area contributed by atoms with Gasteiger partial charge in [0.05, 0.1) is 25.2 Å². The smallest absolute Gasteiger partial charge is 0.333 e. The van der Waals surface area contributed by atoms with E-state index in [-0.39, 0.29) is 25.7 Å². The van der Waals surface area contributed by atoms with Gasteiger partial charge in [-0.25, -0.2) is 4.79 Å². The Labute approximate surface area is 255 Å². The van der Waals surface area contributed by atoms with Crippen LogP contribution in [0, 0.1) is 29.1 Å². The van der Waals surface area contributed by atoms with E-state index in [2.05, 4.69) is 37.8 Å². The highest BCUT2D eigenvalue weighted by Gasteiger charge is 2.32. The maximum absolute atomic E-state index is 12.4. The zero-order chi connectivity index (χ0) is 30.5. The molecular weight excluding hydrogens is 524 g/mol. The summed E-state index contributed by atoms with van der Waals surface area (Å²) in [6.07, 6.45) is 18.4. The van der Waals surface area contributed by atoms with Crippen molar-refractivity contribution in [1.29, 1.82) is 0 Å². The number of hydrogen-bond donors (Lipinski definition) is 1. The van der Waals surface area contributed by atoms with E-state index in [0.717, 1.165) is 30.6 Å². The van der Waals surface area contributed by atoms with Gasteiger partial charge in [-0.05, 0) is 107 Å². The van der Waals surface area contributed by atoms with Gasteiger partial charge in [-0.2, -0.15) is 0 Å². The molecule has 0 aliphatic heterocycles. The third kappa shape index (κ3) is 10.8. The Hall–Kier alpha value is -2.14. The van der Waals surface area contributed by atoms with Crippen LogP contribution in [0.3, 0.4) is 0 Å². The number of esters is 2. The predicted molar refractivity (Wildman–Crippen MR) is 170 cm³/mol. The second-order valence-electron chi connectivity index (χ2n) is 14.1. The number of carbonyl (C=O) groups excluding carboxylic acids is 2. The molecule has 5 nitrogen and oxygen atoms in total. The van der Waals surface area contributed by atoms with Gasteiger partial charge in [0, 0.05) is 11.5 Å². The molecule has 1 unspecified atom stereocenters. The van der Waals surface area contributed by atoms with E-state index in [4.69, 9.17) is 9.47 Å². The first-order valence-electron chi connectivity index (χ1n) is 16.8. The van der Waals surface area contributed by atoms with Crippen molar-refractivity contribution in [2.24, 2.45) is 29.1 Å². The second kappa shape index (κ2) is 17.2. The number of hydrogen-bond acceptors (Lipinski definition) is 5. The number of carbonyl (C=O) groups is 2. The molecule has 0 saturated heterocycles. The van der Waals surface area contributed by atoms with Crippen molar-refractivity contribution in [2.45, 2.75) is 124 Å². The molecule has 42 heavy (non-hydrogen) atoms. The standard InChI is InChI=1S/C37H58O5/c1-6-7-8-9-28-12-16-31(17-13-28)33-20-22-34(23-21-33)32-18-14-29(15-19-32)10-11-30(24-41-35(39)27(2)3)25-42-36(40)37(4,5)26-38/h14-15,18-19,28,30-31,33-34,38H,2,6-13,16-17,20-26H2,1,3-5H3. The van der Waals surface area contributed by atoms with Gasteiger partial charge >= 0.3 is 11.9 Å². The number of aliphatic hydroxyl groups excluding tert-OH is 1. The van der Waals surface area contributed by atoms with Crippen molar-refractivity contribution in [1.82, 2.24) is 0 Å². The van der Waals surface area contributed by atoms with Crippen LogP contribution in [0.1, 0.15) is 128 Å². The van der Waals surface area contributed by atoms with Gasteiger partial charge in [0.2, 0.25) is 0 Å². The quantitative estimate of drug-likeness (QED) is 0.120. The minimum Gasteiger partial charge on any atom is -0.465 e. The van der Waals surface area contributed by atoms with E-state index >= 15 is 0 Å². The molecule has 3 rings (SSSR count). The summed E-state index contributed by atoms with van der Waals surface area (Å²) < 4.78 is 10.9. The van der Waals surface area contributed by atoms with E-state index in [0.29, 0.717) is 11.5 Å². The molecular formula is C37H58O5. The summed E-state index contributed by atoms with van der Waals surface area (Å²) in [4.78, 5) is 24.3. The van der Waals surface area contributed by atoms with E-state index in [1.807, 2.05) is 0 Å². The summed E-state index contributed by atoms with van der Waals surface area (Å²) in [6, 6.07) is 9.08. The van der Waals surface area contributed by atoms with Gasteiger partial charge in [0.15, 0.2) is 0 Å². The summed E-state index contributed by atoms with van der Waals surface area (Å²) in [5.74, 6) is 2.55. The topological polar surface area (TPSA) is 72.8 Å². The van der Waals surface area contributed by atoms with E-state index in [1.54, 1.807) is 20.8 Å². The van der Waals surface area contributed by atoms with Crippen molar-refractivity contribution in [3.05, 3.63) is 47.5 Å². The Morgan fingerprint density at radius 1 is 0.929 bits per heavy atom. The molecule has 0 amide bonds. The molecule has 1 aromatic carbocycles. The van der Waals surface area contributed by atoms with E-state index in [9.17, 15) is 14.7 Å². The number of rotatable bonds is 16. The first kappa shape index (κ1) is 34.4. The Morgan fingerprint density at radius 2 is 1.52 bits per heavy atom. The van der Waals surface area contributed by atoms with Crippen LogP contribution in [0.25, 0.3) is 0 Å². The highest BCUT2D eigenvalue weighted by Crippen LogP contribution is 2.44. The van der Waals surface area contributed by atoms with Crippen molar-refractivity contribution >= 4 is 11.9 Å². The molecule has 2 aliphatic rings. The molecule has 236 valence electrons. The summed E-state index contributed by atoms with van der Waals surface area (Å²) >= 11 is 0. The monoisotopic (exact) mass is 582 g/mol. The van der Waals surface area contributed by atoms with Crippen molar-refractivity contribution < 1.29 is 24.2 Å². The van der Waals surface area contributed by atoms with Gasteiger partial charge in [-0.1, -0.05) is 76.3 Å². The summed E-state index contributed by atoms with van der Waals surface area (Å²) in [7, 11) is 0. The van der Waals surface area contributed by atoms with Crippen molar-refractivity contribution in [2.75, 3.05) is 19.8 Å². The average molecular weight is 583 g/mol. The molecule has 2 aliphatic carbocycles. The van der Waals surface area contributed by atoms with E-state index in [1.165, 1.54) is 88.2 Å². The third-order valence-electron chi connectivity index (χ3n) is 10.0. The van der Waals surface area contributed by atoms with Gasteiger partial charge in [0.1, 0.15) is 0 Å².